The Hall–Kier alpha value is -1.76. The smallest absolute Gasteiger partial charge is 0.417 e. The van der Waals surface area contributed by atoms with Crippen molar-refractivity contribution in [1.29, 1.82) is 0 Å². The zero-order chi connectivity index (χ0) is 16.0. The number of alkyl halides is 3. The standard InChI is InChI=1S/C15H16F3NO3/c16-15(17,18)14(21)7-6-13(14)9-19(10-13)12(20)22-8-11-4-2-1-3-5-11/h1-5,21H,6-10H2. The van der Waals surface area contributed by atoms with E-state index in [4.69, 9.17) is 4.74 Å². The second kappa shape index (κ2) is 4.87. The highest BCUT2D eigenvalue weighted by molar-refractivity contribution is 5.69. The molecule has 1 heterocycles. The molecule has 1 aliphatic carbocycles. The van der Waals surface area contributed by atoms with E-state index in [1.54, 1.807) is 24.3 Å². The quantitative estimate of drug-likeness (QED) is 0.913. The average molecular weight is 315 g/mol. The summed E-state index contributed by atoms with van der Waals surface area (Å²) in [6.45, 7) is -0.153. The Morgan fingerprint density at radius 1 is 1.23 bits per heavy atom. The molecule has 22 heavy (non-hydrogen) atoms. The van der Waals surface area contributed by atoms with Gasteiger partial charge in [0, 0.05) is 18.5 Å². The van der Waals surface area contributed by atoms with Crippen LogP contribution in [-0.2, 0) is 11.3 Å². The number of nitrogens with zero attached hydrogens (tertiary/aromatic N) is 1. The highest BCUT2D eigenvalue weighted by atomic mass is 19.4. The van der Waals surface area contributed by atoms with Crippen molar-refractivity contribution in [1.82, 2.24) is 4.90 Å². The third kappa shape index (κ3) is 2.15. The van der Waals surface area contributed by atoms with Gasteiger partial charge in [0.05, 0.1) is 0 Å². The first kappa shape index (κ1) is 15.1. The minimum Gasteiger partial charge on any atom is -0.445 e. The number of rotatable bonds is 2. The van der Waals surface area contributed by atoms with Crippen LogP contribution in [0, 0.1) is 5.41 Å². The Balaban J connectivity index is 1.54. The first-order valence-electron chi connectivity index (χ1n) is 7.02. The maximum Gasteiger partial charge on any atom is 0.417 e. The highest BCUT2D eigenvalue weighted by Crippen LogP contribution is 2.61. The molecule has 1 amide bonds. The number of aliphatic hydroxyl groups is 1. The largest absolute Gasteiger partial charge is 0.445 e. The third-order valence-corrected chi connectivity index (χ3v) is 4.76. The fraction of sp³-hybridized carbons (Fsp3) is 0.533. The van der Waals surface area contributed by atoms with Gasteiger partial charge in [-0.3, -0.25) is 0 Å². The number of carbonyl (C=O) groups is 1. The average Bonchev–Trinajstić information content (AvgIpc) is 2.41. The lowest BCUT2D eigenvalue weighted by Crippen LogP contribution is -2.78. The van der Waals surface area contributed by atoms with Crippen LogP contribution in [0.1, 0.15) is 18.4 Å². The van der Waals surface area contributed by atoms with E-state index in [1.165, 1.54) is 4.90 Å². The van der Waals surface area contributed by atoms with Gasteiger partial charge in [-0.15, -0.1) is 0 Å². The van der Waals surface area contributed by atoms with Crippen molar-refractivity contribution in [3.05, 3.63) is 35.9 Å². The molecule has 2 aliphatic rings. The molecule has 1 saturated carbocycles. The van der Waals surface area contributed by atoms with Gasteiger partial charge in [-0.05, 0) is 18.4 Å². The zero-order valence-electron chi connectivity index (χ0n) is 11.8. The normalized spacial score (nSPS) is 26.3. The molecular weight excluding hydrogens is 299 g/mol. The van der Waals surface area contributed by atoms with Crippen LogP contribution in [0.15, 0.2) is 30.3 Å². The Morgan fingerprint density at radius 3 is 2.36 bits per heavy atom. The number of amides is 1. The van der Waals surface area contributed by atoms with Crippen molar-refractivity contribution in [2.24, 2.45) is 5.41 Å². The van der Waals surface area contributed by atoms with Gasteiger partial charge in [-0.1, -0.05) is 30.3 Å². The van der Waals surface area contributed by atoms with Gasteiger partial charge in [0.1, 0.15) is 6.61 Å². The number of benzene rings is 1. The Labute approximate surface area is 125 Å². The molecule has 1 N–H and O–H groups in total. The summed E-state index contributed by atoms with van der Waals surface area (Å²) in [6.07, 6.45) is -5.34. The topological polar surface area (TPSA) is 49.8 Å². The summed E-state index contributed by atoms with van der Waals surface area (Å²) >= 11 is 0. The molecule has 0 aromatic heterocycles. The summed E-state index contributed by atoms with van der Waals surface area (Å²) in [6, 6.07) is 9.02. The molecule has 7 heteroatoms. The molecule has 1 unspecified atom stereocenters. The molecule has 1 aromatic rings. The summed E-state index contributed by atoms with van der Waals surface area (Å²) < 4.78 is 43.8. The predicted octanol–water partition coefficient (Wildman–Crippen LogP) is 2.71. The second-order valence-corrected chi connectivity index (χ2v) is 6.03. The van der Waals surface area contributed by atoms with Crippen molar-refractivity contribution in [2.45, 2.75) is 31.2 Å². The van der Waals surface area contributed by atoms with E-state index in [0.29, 0.717) is 0 Å². The van der Waals surface area contributed by atoms with Crippen molar-refractivity contribution >= 4 is 6.09 Å². The van der Waals surface area contributed by atoms with Gasteiger partial charge >= 0.3 is 12.3 Å². The van der Waals surface area contributed by atoms with Crippen molar-refractivity contribution in [3.63, 3.8) is 0 Å². The molecule has 3 rings (SSSR count). The summed E-state index contributed by atoms with van der Waals surface area (Å²) in [5, 5.41) is 9.82. The molecule has 0 radical (unpaired) electrons. The first-order valence-corrected chi connectivity index (χ1v) is 7.02. The fourth-order valence-electron chi connectivity index (χ4n) is 3.20. The van der Waals surface area contributed by atoms with Gasteiger partial charge < -0.3 is 14.7 Å². The Bertz CT molecular complexity index is 569. The number of carbonyl (C=O) groups excluding carboxylic acids is 1. The summed E-state index contributed by atoms with van der Waals surface area (Å²) in [7, 11) is 0. The molecule has 120 valence electrons. The molecule has 1 saturated heterocycles. The number of ether oxygens (including phenoxy) is 1. The van der Waals surface area contributed by atoms with Gasteiger partial charge in [-0.2, -0.15) is 13.2 Å². The molecule has 4 nitrogen and oxygen atoms in total. The molecule has 1 atom stereocenters. The van der Waals surface area contributed by atoms with Crippen LogP contribution in [0.2, 0.25) is 0 Å². The maximum absolute atomic E-state index is 12.9. The van der Waals surface area contributed by atoms with E-state index >= 15 is 0 Å². The van der Waals surface area contributed by atoms with Crippen LogP contribution >= 0.6 is 0 Å². The van der Waals surface area contributed by atoms with Gasteiger partial charge in [-0.25, -0.2) is 4.79 Å². The number of likely N-dealkylation sites (tertiary alicyclic amines) is 1. The molecule has 1 aliphatic heterocycles. The Morgan fingerprint density at radius 2 is 1.86 bits per heavy atom. The van der Waals surface area contributed by atoms with Crippen LogP contribution in [0.4, 0.5) is 18.0 Å². The van der Waals surface area contributed by atoms with E-state index in [-0.39, 0.29) is 32.5 Å². The summed E-state index contributed by atoms with van der Waals surface area (Å²) in [5.74, 6) is 0. The van der Waals surface area contributed by atoms with E-state index in [1.807, 2.05) is 6.07 Å². The predicted molar refractivity (Wildman–Crippen MR) is 70.9 cm³/mol. The van der Waals surface area contributed by atoms with Crippen molar-refractivity contribution < 1.29 is 27.8 Å². The maximum atomic E-state index is 12.9. The minimum absolute atomic E-state index is 0.0761. The van der Waals surface area contributed by atoms with E-state index < -0.39 is 23.3 Å². The third-order valence-electron chi connectivity index (χ3n) is 4.76. The zero-order valence-corrected chi connectivity index (χ0v) is 11.8. The van der Waals surface area contributed by atoms with Crippen molar-refractivity contribution in [3.8, 4) is 0 Å². The van der Waals surface area contributed by atoms with E-state index in [0.717, 1.165) is 5.56 Å². The van der Waals surface area contributed by atoms with Gasteiger partial charge in [0.15, 0.2) is 5.60 Å². The van der Waals surface area contributed by atoms with Gasteiger partial charge in [0.2, 0.25) is 0 Å². The minimum atomic E-state index is -4.66. The molecule has 1 spiro atoms. The van der Waals surface area contributed by atoms with E-state index in [2.05, 4.69) is 0 Å². The lowest BCUT2D eigenvalue weighted by Gasteiger charge is -2.64. The van der Waals surface area contributed by atoms with Crippen LogP contribution in [0.5, 0.6) is 0 Å². The molecule has 2 fully saturated rings. The number of halogens is 3. The fourth-order valence-corrected chi connectivity index (χ4v) is 3.20. The molecule has 0 bridgehead atoms. The number of hydrogen-bond donors (Lipinski definition) is 1. The second-order valence-electron chi connectivity index (χ2n) is 6.03. The van der Waals surface area contributed by atoms with Crippen molar-refractivity contribution in [2.75, 3.05) is 13.1 Å². The van der Waals surface area contributed by atoms with Crippen LogP contribution in [0.3, 0.4) is 0 Å². The van der Waals surface area contributed by atoms with Crippen LogP contribution in [-0.4, -0.2) is 41.0 Å². The lowest BCUT2D eigenvalue weighted by atomic mass is 9.52. The lowest BCUT2D eigenvalue weighted by molar-refractivity contribution is -0.361. The molecular formula is C15H16F3NO3. The molecule has 1 aromatic carbocycles. The summed E-state index contributed by atoms with van der Waals surface area (Å²) in [5.41, 5.74) is -3.12. The van der Waals surface area contributed by atoms with Crippen LogP contribution in [0.25, 0.3) is 0 Å². The highest BCUT2D eigenvalue weighted by Gasteiger charge is 2.75. The first-order chi connectivity index (χ1) is 10.3. The van der Waals surface area contributed by atoms with Gasteiger partial charge in [0.25, 0.3) is 0 Å². The Kier molecular flexibility index (Phi) is 3.36. The van der Waals surface area contributed by atoms with E-state index in [9.17, 15) is 23.1 Å². The monoisotopic (exact) mass is 315 g/mol. The SMILES string of the molecule is O=C(OCc1ccccc1)N1CC2(CCC2(O)C(F)(F)F)C1. The summed E-state index contributed by atoms with van der Waals surface area (Å²) in [4.78, 5) is 13.0. The van der Waals surface area contributed by atoms with Crippen LogP contribution < -0.4 is 0 Å². The number of hydrogen-bond acceptors (Lipinski definition) is 3.